The van der Waals surface area contributed by atoms with Gasteiger partial charge in [0.2, 0.25) is 0 Å². The van der Waals surface area contributed by atoms with Gasteiger partial charge < -0.3 is 5.32 Å². The number of aromatic nitrogens is 2. The van der Waals surface area contributed by atoms with E-state index in [9.17, 15) is 0 Å². The molecule has 4 nitrogen and oxygen atoms in total. The molecule has 0 fully saturated rings. The third-order valence-electron chi connectivity index (χ3n) is 3.73. The van der Waals surface area contributed by atoms with Gasteiger partial charge in [-0.25, -0.2) is 0 Å². The van der Waals surface area contributed by atoms with Crippen LogP contribution >= 0.6 is 0 Å². The standard InChI is InChI=1S/C15H26N4/c1-5-13-11-14(6-2)19(18-13)10-8-7-9-15(3,12-16)17-4/h11,17H,5-10H2,1-4H3. The first-order valence-corrected chi connectivity index (χ1v) is 7.24. The molecule has 1 heterocycles. The lowest BCUT2D eigenvalue weighted by molar-refractivity contribution is 0.417. The van der Waals surface area contributed by atoms with Crippen LogP contribution in [0.15, 0.2) is 6.07 Å². The first-order valence-electron chi connectivity index (χ1n) is 7.24. The normalized spacial score (nSPS) is 14.1. The summed E-state index contributed by atoms with van der Waals surface area (Å²) in [5, 5.41) is 16.8. The van der Waals surface area contributed by atoms with Crippen LogP contribution in [0.25, 0.3) is 0 Å². The molecular formula is C15H26N4. The van der Waals surface area contributed by atoms with E-state index >= 15 is 0 Å². The van der Waals surface area contributed by atoms with Crippen LogP contribution in [-0.4, -0.2) is 22.4 Å². The zero-order chi connectivity index (χ0) is 14.3. The van der Waals surface area contributed by atoms with Gasteiger partial charge in [0.25, 0.3) is 0 Å². The third kappa shape index (κ3) is 4.36. The second-order valence-electron chi connectivity index (χ2n) is 5.21. The molecule has 1 unspecified atom stereocenters. The Hall–Kier alpha value is -1.34. The van der Waals surface area contributed by atoms with Gasteiger partial charge in [0.05, 0.1) is 11.8 Å². The van der Waals surface area contributed by atoms with Crippen LogP contribution in [0, 0.1) is 11.3 Å². The summed E-state index contributed by atoms with van der Waals surface area (Å²) in [6.07, 6.45) is 5.00. The van der Waals surface area contributed by atoms with Crippen molar-refractivity contribution in [3.05, 3.63) is 17.5 Å². The molecule has 0 bridgehead atoms. The smallest absolute Gasteiger partial charge is 0.103 e. The number of hydrogen-bond acceptors (Lipinski definition) is 3. The van der Waals surface area contributed by atoms with E-state index in [4.69, 9.17) is 5.26 Å². The number of hydrogen-bond donors (Lipinski definition) is 1. The lowest BCUT2D eigenvalue weighted by Gasteiger charge is -2.20. The van der Waals surface area contributed by atoms with Crippen LogP contribution in [0.4, 0.5) is 0 Å². The molecule has 0 aliphatic carbocycles. The molecule has 0 radical (unpaired) electrons. The van der Waals surface area contributed by atoms with E-state index in [0.717, 1.165) is 38.6 Å². The van der Waals surface area contributed by atoms with Gasteiger partial charge in [-0.15, -0.1) is 0 Å². The minimum Gasteiger partial charge on any atom is -0.303 e. The Kier molecular flexibility index (Phi) is 6.04. The fourth-order valence-electron chi connectivity index (χ4n) is 2.14. The zero-order valence-electron chi connectivity index (χ0n) is 12.7. The van der Waals surface area contributed by atoms with Crippen LogP contribution in [0.3, 0.4) is 0 Å². The molecule has 1 aromatic rings. The summed E-state index contributed by atoms with van der Waals surface area (Å²) in [7, 11) is 1.85. The average Bonchev–Trinajstić information content (AvgIpc) is 2.85. The number of nitriles is 1. The Balaban J connectivity index is 2.45. The molecule has 0 aliphatic heterocycles. The molecule has 0 saturated carbocycles. The minimum absolute atomic E-state index is 0.397. The van der Waals surface area contributed by atoms with Crippen LogP contribution in [0.2, 0.25) is 0 Å². The molecule has 1 atom stereocenters. The summed E-state index contributed by atoms with van der Waals surface area (Å²) in [5.74, 6) is 0. The first kappa shape index (κ1) is 15.7. The van der Waals surface area contributed by atoms with E-state index < -0.39 is 5.54 Å². The first-order chi connectivity index (χ1) is 9.08. The SMILES string of the molecule is CCc1cc(CC)n(CCCCC(C)(C#N)NC)n1. The number of aryl methyl sites for hydroxylation is 3. The molecule has 1 N–H and O–H groups in total. The Bertz CT molecular complexity index is 430. The van der Waals surface area contributed by atoms with E-state index in [1.165, 1.54) is 11.4 Å². The predicted molar refractivity (Wildman–Crippen MR) is 77.9 cm³/mol. The maximum absolute atomic E-state index is 9.09. The molecule has 0 saturated heterocycles. The topological polar surface area (TPSA) is 53.6 Å². The lowest BCUT2D eigenvalue weighted by atomic mass is 9.97. The predicted octanol–water partition coefficient (Wildman–Crippen LogP) is 2.68. The summed E-state index contributed by atoms with van der Waals surface area (Å²) in [4.78, 5) is 0. The molecule has 1 rings (SSSR count). The Morgan fingerprint density at radius 3 is 2.63 bits per heavy atom. The van der Waals surface area contributed by atoms with Crippen molar-refractivity contribution < 1.29 is 0 Å². The van der Waals surface area contributed by atoms with E-state index in [1.807, 2.05) is 14.0 Å². The molecule has 4 heteroatoms. The van der Waals surface area contributed by atoms with Gasteiger partial charge in [0.1, 0.15) is 5.54 Å². The fraction of sp³-hybridized carbons (Fsp3) is 0.733. The monoisotopic (exact) mass is 262 g/mol. The Labute approximate surface area is 116 Å². The van der Waals surface area contributed by atoms with Crippen molar-refractivity contribution in [2.24, 2.45) is 0 Å². The highest BCUT2D eigenvalue weighted by Crippen LogP contribution is 2.14. The molecular weight excluding hydrogens is 236 g/mol. The molecule has 106 valence electrons. The second-order valence-corrected chi connectivity index (χ2v) is 5.21. The van der Waals surface area contributed by atoms with Gasteiger partial charge in [-0.05, 0) is 52.1 Å². The van der Waals surface area contributed by atoms with Gasteiger partial charge in [0.15, 0.2) is 0 Å². The third-order valence-corrected chi connectivity index (χ3v) is 3.73. The van der Waals surface area contributed by atoms with Gasteiger partial charge in [0, 0.05) is 12.2 Å². The molecule has 0 spiro atoms. The summed E-state index contributed by atoms with van der Waals surface area (Å²) < 4.78 is 2.13. The summed E-state index contributed by atoms with van der Waals surface area (Å²) >= 11 is 0. The molecule has 19 heavy (non-hydrogen) atoms. The fourth-order valence-corrected chi connectivity index (χ4v) is 2.14. The van der Waals surface area contributed by atoms with E-state index in [2.05, 4.69) is 41.1 Å². The van der Waals surface area contributed by atoms with Gasteiger partial charge in [-0.3, -0.25) is 4.68 Å². The Morgan fingerprint density at radius 2 is 2.11 bits per heavy atom. The molecule has 0 amide bonds. The summed E-state index contributed by atoms with van der Waals surface area (Å²) in [6, 6.07) is 4.53. The highest BCUT2D eigenvalue weighted by molar-refractivity contribution is 5.10. The van der Waals surface area contributed by atoms with Crippen molar-refractivity contribution in [3.63, 3.8) is 0 Å². The molecule has 0 aromatic carbocycles. The number of rotatable bonds is 8. The van der Waals surface area contributed by atoms with Crippen molar-refractivity contribution in [2.45, 2.75) is 65.0 Å². The average molecular weight is 262 g/mol. The van der Waals surface area contributed by atoms with Crippen molar-refractivity contribution in [1.82, 2.24) is 15.1 Å². The van der Waals surface area contributed by atoms with Crippen LogP contribution in [0.5, 0.6) is 0 Å². The molecule has 0 aliphatic rings. The van der Waals surface area contributed by atoms with E-state index in [-0.39, 0.29) is 0 Å². The maximum Gasteiger partial charge on any atom is 0.103 e. The lowest BCUT2D eigenvalue weighted by Crippen LogP contribution is -2.37. The van der Waals surface area contributed by atoms with E-state index in [1.54, 1.807) is 0 Å². The molecule has 1 aromatic heterocycles. The highest BCUT2D eigenvalue weighted by atomic mass is 15.3. The highest BCUT2D eigenvalue weighted by Gasteiger charge is 2.19. The van der Waals surface area contributed by atoms with Crippen LogP contribution in [-0.2, 0) is 19.4 Å². The van der Waals surface area contributed by atoms with Crippen molar-refractivity contribution in [1.29, 1.82) is 5.26 Å². The van der Waals surface area contributed by atoms with Gasteiger partial charge in [-0.1, -0.05) is 13.8 Å². The second kappa shape index (κ2) is 7.30. The van der Waals surface area contributed by atoms with Crippen molar-refractivity contribution >= 4 is 0 Å². The van der Waals surface area contributed by atoms with Crippen LogP contribution < -0.4 is 5.32 Å². The number of unbranched alkanes of at least 4 members (excludes halogenated alkanes) is 1. The van der Waals surface area contributed by atoms with E-state index in [0.29, 0.717) is 0 Å². The van der Waals surface area contributed by atoms with Crippen molar-refractivity contribution in [3.8, 4) is 6.07 Å². The number of nitrogens with zero attached hydrogens (tertiary/aromatic N) is 3. The van der Waals surface area contributed by atoms with Gasteiger partial charge >= 0.3 is 0 Å². The largest absolute Gasteiger partial charge is 0.303 e. The van der Waals surface area contributed by atoms with Crippen molar-refractivity contribution in [2.75, 3.05) is 7.05 Å². The quantitative estimate of drug-likeness (QED) is 0.733. The minimum atomic E-state index is -0.397. The number of nitrogens with one attached hydrogen (secondary N) is 1. The Morgan fingerprint density at radius 1 is 1.37 bits per heavy atom. The van der Waals surface area contributed by atoms with Gasteiger partial charge in [-0.2, -0.15) is 10.4 Å². The summed E-state index contributed by atoms with van der Waals surface area (Å²) in [6.45, 7) is 7.21. The maximum atomic E-state index is 9.09. The zero-order valence-corrected chi connectivity index (χ0v) is 12.7. The summed E-state index contributed by atoms with van der Waals surface area (Å²) in [5.41, 5.74) is 2.09. The van der Waals surface area contributed by atoms with Crippen LogP contribution in [0.1, 0.15) is 51.4 Å².